The van der Waals surface area contributed by atoms with E-state index in [0.29, 0.717) is 24.5 Å². The van der Waals surface area contributed by atoms with Crippen LogP contribution >= 0.6 is 12.4 Å². The van der Waals surface area contributed by atoms with Crippen molar-refractivity contribution in [2.75, 3.05) is 39.3 Å². The molecule has 0 aromatic heterocycles. The zero-order valence-corrected chi connectivity index (χ0v) is 17.3. The number of halogens is 1. The van der Waals surface area contributed by atoms with Crippen LogP contribution in [0.25, 0.3) is 0 Å². The molecule has 1 aliphatic rings. The van der Waals surface area contributed by atoms with E-state index in [9.17, 15) is 4.79 Å². The minimum atomic E-state index is -0.0734. The number of hydrogen-bond donors (Lipinski definition) is 2. The molecule has 28 heavy (non-hydrogen) atoms. The maximum atomic E-state index is 12.6. The van der Waals surface area contributed by atoms with Gasteiger partial charge in [-0.05, 0) is 43.1 Å². The molecule has 1 fully saturated rings. The highest BCUT2D eigenvalue weighted by Gasteiger charge is 2.13. The van der Waals surface area contributed by atoms with E-state index in [1.165, 1.54) is 5.56 Å². The van der Waals surface area contributed by atoms with Crippen LogP contribution in [-0.4, -0.2) is 50.1 Å². The summed E-state index contributed by atoms with van der Waals surface area (Å²) >= 11 is 0. The van der Waals surface area contributed by atoms with Crippen molar-refractivity contribution in [2.45, 2.75) is 20.0 Å². The topological polar surface area (TPSA) is 53.6 Å². The van der Waals surface area contributed by atoms with Crippen LogP contribution in [0.2, 0.25) is 0 Å². The Morgan fingerprint density at radius 2 is 1.82 bits per heavy atom. The van der Waals surface area contributed by atoms with Gasteiger partial charge in [0.05, 0.1) is 5.56 Å². The highest BCUT2D eigenvalue weighted by atomic mass is 35.5. The first kappa shape index (κ1) is 22.2. The summed E-state index contributed by atoms with van der Waals surface area (Å²) < 4.78 is 5.95. The van der Waals surface area contributed by atoms with Crippen LogP contribution in [0.4, 0.5) is 0 Å². The second-order valence-corrected chi connectivity index (χ2v) is 6.91. The molecule has 2 N–H and O–H groups in total. The average Bonchev–Trinajstić information content (AvgIpc) is 2.71. The van der Waals surface area contributed by atoms with Crippen molar-refractivity contribution in [2.24, 2.45) is 0 Å². The molecule has 152 valence electrons. The van der Waals surface area contributed by atoms with Crippen LogP contribution in [0.3, 0.4) is 0 Å². The van der Waals surface area contributed by atoms with Crippen molar-refractivity contribution in [3.8, 4) is 5.75 Å². The van der Waals surface area contributed by atoms with Crippen LogP contribution < -0.4 is 15.4 Å². The van der Waals surface area contributed by atoms with Crippen LogP contribution in [0.15, 0.2) is 48.5 Å². The van der Waals surface area contributed by atoms with Crippen molar-refractivity contribution in [3.05, 3.63) is 65.2 Å². The van der Waals surface area contributed by atoms with E-state index in [2.05, 4.69) is 28.5 Å². The summed E-state index contributed by atoms with van der Waals surface area (Å²) in [5, 5.41) is 6.38. The summed E-state index contributed by atoms with van der Waals surface area (Å²) in [7, 11) is 0. The quantitative estimate of drug-likeness (QED) is 0.665. The summed E-state index contributed by atoms with van der Waals surface area (Å²) in [6, 6.07) is 15.6. The number of benzene rings is 2. The second kappa shape index (κ2) is 11.7. The number of nitrogens with one attached hydrogen (secondary N) is 2. The molecule has 0 atom stereocenters. The minimum Gasteiger partial charge on any atom is -0.488 e. The summed E-state index contributed by atoms with van der Waals surface area (Å²) in [4.78, 5) is 15.0. The number of aryl methyl sites for hydroxylation is 1. The number of carbonyl (C=O) groups excluding carboxylic acids is 1. The highest BCUT2D eigenvalue weighted by molar-refractivity contribution is 5.96. The fourth-order valence-corrected chi connectivity index (χ4v) is 3.24. The van der Waals surface area contributed by atoms with E-state index in [4.69, 9.17) is 4.74 Å². The maximum Gasteiger partial charge on any atom is 0.255 e. The third kappa shape index (κ3) is 6.51. The van der Waals surface area contributed by atoms with Gasteiger partial charge in [0, 0.05) is 32.7 Å². The zero-order chi connectivity index (χ0) is 18.9. The largest absolute Gasteiger partial charge is 0.488 e. The number of ether oxygens (including phenoxy) is 1. The molecule has 1 amide bonds. The summed E-state index contributed by atoms with van der Waals surface area (Å²) in [6.45, 7) is 8.50. The first-order chi connectivity index (χ1) is 13.2. The highest BCUT2D eigenvalue weighted by Crippen LogP contribution is 2.20. The Morgan fingerprint density at radius 1 is 1.11 bits per heavy atom. The number of hydrogen-bond acceptors (Lipinski definition) is 4. The smallest absolute Gasteiger partial charge is 0.255 e. The molecule has 1 aliphatic heterocycles. The fraction of sp³-hybridized carbons (Fsp3) is 0.409. The lowest BCUT2D eigenvalue weighted by Gasteiger charge is -2.27. The minimum absolute atomic E-state index is 0. The maximum absolute atomic E-state index is 12.6. The van der Waals surface area contributed by atoms with Gasteiger partial charge in [-0.15, -0.1) is 12.4 Å². The summed E-state index contributed by atoms with van der Waals surface area (Å²) in [5.41, 5.74) is 2.91. The van der Waals surface area contributed by atoms with Crippen LogP contribution in [-0.2, 0) is 6.61 Å². The predicted molar refractivity (Wildman–Crippen MR) is 115 cm³/mol. The van der Waals surface area contributed by atoms with Gasteiger partial charge in [-0.3, -0.25) is 4.79 Å². The number of piperazine rings is 1. The van der Waals surface area contributed by atoms with Crippen molar-refractivity contribution in [1.82, 2.24) is 15.5 Å². The van der Waals surface area contributed by atoms with Crippen LogP contribution in [0.1, 0.15) is 27.9 Å². The van der Waals surface area contributed by atoms with Crippen molar-refractivity contribution in [1.29, 1.82) is 0 Å². The number of nitrogens with zero attached hydrogens (tertiary/aromatic N) is 1. The first-order valence-corrected chi connectivity index (χ1v) is 9.71. The second-order valence-electron chi connectivity index (χ2n) is 6.91. The van der Waals surface area contributed by atoms with Crippen molar-refractivity contribution < 1.29 is 9.53 Å². The number of rotatable bonds is 8. The van der Waals surface area contributed by atoms with E-state index in [-0.39, 0.29) is 18.3 Å². The van der Waals surface area contributed by atoms with Crippen molar-refractivity contribution >= 4 is 18.3 Å². The Labute approximate surface area is 173 Å². The summed E-state index contributed by atoms with van der Waals surface area (Å²) in [5.74, 6) is 0.552. The van der Waals surface area contributed by atoms with E-state index in [0.717, 1.165) is 44.7 Å². The summed E-state index contributed by atoms with van der Waals surface area (Å²) in [6.07, 6.45) is 0.956. The molecule has 0 bridgehead atoms. The lowest BCUT2D eigenvalue weighted by molar-refractivity contribution is 0.0946. The van der Waals surface area contributed by atoms with Gasteiger partial charge in [0.25, 0.3) is 5.91 Å². The molecule has 3 rings (SSSR count). The van der Waals surface area contributed by atoms with Crippen molar-refractivity contribution in [3.63, 3.8) is 0 Å². The van der Waals surface area contributed by atoms with Crippen LogP contribution in [0.5, 0.6) is 5.75 Å². The van der Waals surface area contributed by atoms with Gasteiger partial charge in [0.2, 0.25) is 0 Å². The fourth-order valence-electron chi connectivity index (χ4n) is 3.24. The molecule has 0 aliphatic carbocycles. The lowest BCUT2D eigenvalue weighted by Crippen LogP contribution is -2.44. The zero-order valence-electron chi connectivity index (χ0n) is 16.4. The molecule has 1 saturated heterocycles. The molecule has 0 unspecified atom stereocenters. The molecular formula is C22H30ClN3O2. The number of para-hydroxylation sites is 1. The Morgan fingerprint density at radius 3 is 2.61 bits per heavy atom. The van der Waals surface area contributed by atoms with Gasteiger partial charge in [-0.1, -0.05) is 36.4 Å². The molecular weight excluding hydrogens is 374 g/mol. The molecule has 1 heterocycles. The molecule has 5 nitrogen and oxygen atoms in total. The molecule has 0 saturated carbocycles. The molecule has 2 aromatic rings. The van der Waals surface area contributed by atoms with E-state index >= 15 is 0 Å². The first-order valence-electron chi connectivity index (χ1n) is 9.71. The van der Waals surface area contributed by atoms with Gasteiger partial charge in [0.1, 0.15) is 12.4 Å². The lowest BCUT2D eigenvalue weighted by atomic mass is 10.1. The van der Waals surface area contributed by atoms with E-state index in [1.807, 2.05) is 42.5 Å². The standard InChI is InChI=1S/C22H29N3O2.ClH/c1-18-7-2-3-8-19(18)17-27-21-10-5-4-9-20(21)22(26)24-11-6-14-25-15-12-23-13-16-25;/h2-5,7-10,23H,6,11-17H2,1H3,(H,24,26);1H. The van der Waals surface area contributed by atoms with Gasteiger partial charge in [0.15, 0.2) is 0 Å². The average molecular weight is 404 g/mol. The molecule has 0 spiro atoms. The van der Waals surface area contributed by atoms with Gasteiger partial charge in [-0.25, -0.2) is 0 Å². The number of amides is 1. The molecule has 2 aromatic carbocycles. The predicted octanol–water partition coefficient (Wildman–Crippen LogP) is 3.02. The van der Waals surface area contributed by atoms with E-state index < -0.39 is 0 Å². The Balaban J connectivity index is 0.00000280. The normalized spacial score (nSPS) is 14.2. The molecule has 0 radical (unpaired) electrons. The van der Waals surface area contributed by atoms with Gasteiger partial charge in [-0.2, -0.15) is 0 Å². The third-order valence-corrected chi connectivity index (χ3v) is 4.92. The van der Waals surface area contributed by atoms with Gasteiger partial charge >= 0.3 is 0 Å². The Bertz CT molecular complexity index is 748. The SMILES string of the molecule is Cc1ccccc1COc1ccccc1C(=O)NCCCN1CCNCC1.Cl. The van der Waals surface area contributed by atoms with Gasteiger partial charge < -0.3 is 20.3 Å². The monoisotopic (exact) mass is 403 g/mol. The van der Waals surface area contributed by atoms with E-state index in [1.54, 1.807) is 0 Å². The number of carbonyl (C=O) groups is 1. The Kier molecular flexibility index (Phi) is 9.28. The Hall–Kier alpha value is -2.08. The molecule has 6 heteroatoms. The van der Waals surface area contributed by atoms with Crippen LogP contribution in [0, 0.1) is 6.92 Å². The third-order valence-electron chi connectivity index (χ3n) is 4.92.